The summed E-state index contributed by atoms with van der Waals surface area (Å²) in [4.78, 5) is 2.51. The molecule has 0 radical (unpaired) electrons. The number of ether oxygens (including phenoxy) is 2. The fourth-order valence-electron chi connectivity index (χ4n) is 3.07. The van der Waals surface area contributed by atoms with Crippen LogP contribution in [0.15, 0.2) is 12.2 Å². The van der Waals surface area contributed by atoms with E-state index in [0.717, 1.165) is 45.7 Å². The molecule has 2 fully saturated rings. The van der Waals surface area contributed by atoms with Crippen LogP contribution in [-0.4, -0.2) is 56.1 Å². The maximum Gasteiger partial charge on any atom is 0.171 e. The standard InChI is InChI=1S/C13H22N2O2/c1-2-6-15(7-3-1)11-12-10-13(4-5-14-12)16-8-9-17-13/h1-2,12,14H,3-11H2. The van der Waals surface area contributed by atoms with Gasteiger partial charge in [0.25, 0.3) is 0 Å². The Balaban J connectivity index is 1.54. The Morgan fingerprint density at radius 3 is 2.94 bits per heavy atom. The number of piperidine rings is 1. The lowest BCUT2D eigenvalue weighted by Crippen LogP contribution is -2.53. The first-order valence-corrected chi connectivity index (χ1v) is 6.75. The van der Waals surface area contributed by atoms with Gasteiger partial charge in [0.2, 0.25) is 0 Å². The molecule has 3 heterocycles. The number of rotatable bonds is 2. The van der Waals surface area contributed by atoms with Crippen molar-refractivity contribution in [2.45, 2.75) is 31.1 Å². The first-order chi connectivity index (χ1) is 8.36. The largest absolute Gasteiger partial charge is 0.347 e. The highest BCUT2D eigenvalue weighted by Gasteiger charge is 2.41. The van der Waals surface area contributed by atoms with Crippen LogP contribution in [0.4, 0.5) is 0 Å². The Morgan fingerprint density at radius 2 is 2.18 bits per heavy atom. The van der Waals surface area contributed by atoms with Crippen molar-refractivity contribution in [3.05, 3.63) is 12.2 Å². The SMILES string of the molecule is C1=CCN(CC2CC3(CCN2)OCCO3)CC1. The topological polar surface area (TPSA) is 33.7 Å². The minimum atomic E-state index is -0.262. The van der Waals surface area contributed by atoms with Crippen molar-refractivity contribution in [2.75, 3.05) is 39.4 Å². The van der Waals surface area contributed by atoms with Crippen LogP contribution in [-0.2, 0) is 9.47 Å². The Hall–Kier alpha value is -0.420. The highest BCUT2D eigenvalue weighted by Crippen LogP contribution is 2.31. The molecule has 1 N–H and O–H groups in total. The van der Waals surface area contributed by atoms with Crippen molar-refractivity contribution in [1.82, 2.24) is 10.2 Å². The lowest BCUT2D eigenvalue weighted by atomic mass is 9.97. The maximum atomic E-state index is 5.81. The van der Waals surface area contributed by atoms with E-state index < -0.39 is 0 Å². The molecule has 0 aromatic rings. The van der Waals surface area contributed by atoms with Crippen molar-refractivity contribution in [3.63, 3.8) is 0 Å². The van der Waals surface area contributed by atoms with Crippen molar-refractivity contribution in [2.24, 2.45) is 0 Å². The molecule has 0 bridgehead atoms. The first-order valence-electron chi connectivity index (χ1n) is 6.75. The Labute approximate surface area is 103 Å². The van der Waals surface area contributed by atoms with Crippen LogP contribution in [0, 0.1) is 0 Å². The van der Waals surface area contributed by atoms with Gasteiger partial charge in [-0.1, -0.05) is 12.2 Å². The predicted octanol–water partition coefficient (Wildman–Crippen LogP) is 0.743. The molecule has 3 aliphatic heterocycles. The zero-order valence-corrected chi connectivity index (χ0v) is 10.4. The van der Waals surface area contributed by atoms with Crippen LogP contribution in [0.25, 0.3) is 0 Å². The summed E-state index contributed by atoms with van der Waals surface area (Å²) >= 11 is 0. The first kappa shape index (κ1) is 11.7. The van der Waals surface area contributed by atoms with E-state index in [0.29, 0.717) is 6.04 Å². The summed E-state index contributed by atoms with van der Waals surface area (Å²) in [5.74, 6) is -0.262. The molecule has 1 unspecified atom stereocenters. The van der Waals surface area contributed by atoms with Gasteiger partial charge >= 0.3 is 0 Å². The lowest BCUT2D eigenvalue weighted by molar-refractivity contribution is -0.180. The number of hydrogen-bond acceptors (Lipinski definition) is 4. The second-order valence-electron chi connectivity index (χ2n) is 5.23. The molecule has 0 aliphatic carbocycles. The van der Waals surface area contributed by atoms with E-state index in [1.54, 1.807) is 0 Å². The molecule has 0 saturated carbocycles. The second-order valence-corrected chi connectivity index (χ2v) is 5.23. The van der Waals surface area contributed by atoms with Gasteiger partial charge in [-0.05, 0) is 6.42 Å². The molecule has 0 amide bonds. The van der Waals surface area contributed by atoms with E-state index in [9.17, 15) is 0 Å². The minimum absolute atomic E-state index is 0.262. The molecular weight excluding hydrogens is 216 g/mol. The zero-order chi connectivity index (χ0) is 11.6. The lowest BCUT2D eigenvalue weighted by Gasteiger charge is -2.39. The van der Waals surface area contributed by atoms with E-state index in [-0.39, 0.29) is 5.79 Å². The van der Waals surface area contributed by atoms with E-state index in [1.807, 2.05) is 0 Å². The Bertz CT molecular complexity index is 287. The monoisotopic (exact) mass is 238 g/mol. The van der Waals surface area contributed by atoms with Gasteiger partial charge in [-0.2, -0.15) is 0 Å². The van der Waals surface area contributed by atoms with Gasteiger partial charge in [0.1, 0.15) is 0 Å². The maximum absolute atomic E-state index is 5.81. The molecule has 1 spiro atoms. The summed E-state index contributed by atoms with van der Waals surface area (Å²) in [6.07, 6.45) is 7.71. The van der Waals surface area contributed by atoms with Crippen LogP contribution in [0.2, 0.25) is 0 Å². The molecule has 3 rings (SSSR count). The van der Waals surface area contributed by atoms with Gasteiger partial charge in [-0.3, -0.25) is 4.90 Å². The van der Waals surface area contributed by atoms with Gasteiger partial charge in [-0.15, -0.1) is 0 Å². The third-order valence-electron chi connectivity index (χ3n) is 3.93. The minimum Gasteiger partial charge on any atom is -0.347 e. The van der Waals surface area contributed by atoms with Crippen LogP contribution >= 0.6 is 0 Å². The van der Waals surface area contributed by atoms with Crippen molar-refractivity contribution >= 4 is 0 Å². The van der Waals surface area contributed by atoms with Gasteiger partial charge in [0.05, 0.1) is 13.2 Å². The molecule has 2 saturated heterocycles. The van der Waals surface area contributed by atoms with Crippen LogP contribution < -0.4 is 5.32 Å². The molecule has 17 heavy (non-hydrogen) atoms. The average Bonchev–Trinajstić information content (AvgIpc) is 2.79. The molecule has 0 aromatic heterocycles. The molecule has 4 nitrogen and oxygen atoms in total. The normalized spacial score (nSPS) is 33.3. The van der Waals surface area contributed by atoms with Gasteiger partial charge < -0.3 is 14.8 Å². The van der Waals surface area contributed by atoms with Crippen LogP contribution in [0.1, 0.15) is 19.3 Å². The van der Waals surface area contributed by atoms with Crippen molar-refractivity contribution < 1.29 is 9.47 Å². The molecular formula is C13H22N2O2. The van der Waals surface area contributed by atoms with E-state index >= 15 is 0 Å². The van der Waals surface area contributed by atoms with Crippen molar-refractivity contribution in [1.29, 1.82) is 0 Å². The summed E-state index contributed by atoms with van der Waals surface area (Å²) in [7, 11) is 0. The molecule has 96 valence electrons. The third-order valence-corrected chi connectivity index (χ3v) is 3.93. The zero-order valence-electron chi connectivity index (χ0n) is 10.4. The fraction of sp³-hybridized carbons (Fsp3) is 0.846. The summed E-state index contributed by atoms with van der Waals surface area (Å²) in [6.45, 7) is 5.92. The summed E-state index contributed by atoms with van der Waals surface area (Å²) in [5, 5.41) is 3.59. The van der Waals surface area contributed by atoms with Crippen LogP contribution in [0.5, 0.6) is 0 Å². The number of nitrogens with one attached hydrogen (secondary N) is 1. The van der Waals surface area contributed by atoms with Crippen LogP contribution in [0.3, 0.4) is 0 Å². The molecule has 3 aliphatic rings. The van der Waals surface area contributed by atoms with E-state index in [2.05, 4.69) is 22.4 Å². The van der Waals surface area contributed by atoms with E-state index in [4.69, 9.17) is 9.47 Å². The smallest absolute Gasteiger partial charge is 0.171 e. The predicted molar refractivity (Wildman–Crippen MR) is 65.9 cm³/mol. The van der Waals surface area contributed by atoms with Gasteiger partial charge in [0.15, 0.2) is 5.79 Å². The highest BCUT2D eigenvalue weighted by atomic mass is 16.7. The third kappa shape index (κ3) is 2.71. The molecule has 1 atom stereocenters. The second kappa shape index (κ2) is 5.06. The highest BCUT2D eigenvalue weighted by molar-refractivity contribution is 4.94. The van der Waals surface area contributed by atoms with Gasteiger partial charge in [-0.25, -0.2) is 0 Å². The van der Waals surface area contributed by atoms with Gasteiger partial charge in [0, 0.05) is 45.1 Å². The summed E-state index contributed by atoms with van der Waals surface area (Å²) in [5.41, 5.74) is 0. The average molecular weight is 238 g/mol. The fourth-order valence-corrected chi connectivity index (χ4v) is 3.07. The Kier molecular flexibility index (Phi) is 3.47. The Morgan fingerprint density at radius 1 is 1.29 bits per heavy atom. The summed E-state index contributed by atoms with van der Waals surface area (Å²) < 4.78 is 11.6. The number of hydrogen-bond donors (Lipinski definition) is 1. The quantitative estimate of drug-likeness (QED) is 0.720. The summed E-state index contributed by atoms with van der Waals surface area (Å²) in [6, 6.07) is 0.508. The molecule has 0 aromatic carbocycles. The van der Waals surface area contributed by atoms with Crippen molar-refractivity contribution in [3.8, 4) is 0 Å². The number of nitrogens with zero attached hydrogens (tertiary/aromatic N) is 1. The van der Waals surface area contributed by atoms with E-state index in [1.165, 1.54) is 13.0 Å². The molecule has 4 heteroatoms.